The van der Waals surface area contributed by atoms with E-state index in [2.05, 4.69) is 29.0 Å². The number of benzene rings is 1. The van der Waals surface area contributed by atoms with Crippen LogP contribution in [0.15, 0.2) is 35.7 Å². The van der Waals surface area contributed by atoms with Crippen molar-refractivity contribution in [1.29, 1.82) is 0 Å². The number of hydrogen-bond donors (Lipinski definition) is 2. The molecule has 2 N–H and O–H groups in total. The molecule has 0 fully saturated rings. The van der Waals surface area contributed by atoms with Gasteiger partial charge in [0.15, 0.2) is 0 Å². The van der Waals surface area contributed by atoms with Gasteiger partial charge in [0, 0.05) is 21.6 Å². The molecule has 0 aliphatic heterocycles. The number of thiophene rings is 1. The molecule has 1 heterocycles. The van der Waals surface area contributed by atoms with E-state index in [1.165, 1.54) is 4.88 Å². The van der Waals surface area contributed by atoms with Crippen molar-refractivity contribution in [2.24, 2.45) is 0 Å². The molecule has 0 spiro atoms. The van der Waals surface area contributed by atoms with E-state index in [1.807, 2.05) is 25.1 Å². The maximum Gasteiger partial charge on any atom is 0.238 e. The van der Waals surface area contributed by atoms with Crippen LogP contribution >= 0.6 is 22.9 Å². The van der Waals surface area contributed by atoms with Gasteiger partial charge >= 0.3 is 0 Å². The molecule has 1 unspecified atom stereocenters. The van der Waals surface area contributed by atoms with Crippen LogP contribution in [0.5, 0.6) is 0 Å². The Morgan fingerprint density at radius 1 is 1.38 bits per heavy atom. The Hall–Kier alpha value is -1.36. The number of carbonyl (C=O) groups is 1. The van der Waals surface area contributed by atoms with E-state index in [9.17, 15) is 4.79 Å². The van der Waals surface area contributed by atoms with Crippen molar-refractivity contribution < 1.29 is 4.79 Å². The Kier molecular flexibility index (Phi) is 5.79. The van der Waals surface area contributed by atoms with Crippen molar-refractivity contribution in [3.8, 4) is 0 Å². The molecule has 1 amide bonds. The summed E-state index contributed by atoms with van der Waals surface area (Å²) in [6, 6.07) is 9.89. The van der Waals surface area contributed by atoms with Crippen molar-refractivity contribution in [2.75, 3.05) is 11.9 Å². The molecule has 21 heavy (non-hydrogen) atoms. The van der Waals surface area contributed by atoms with Gasteiger partial charge < -0.3 is 10.6 Å². The van der Waals surface area contributed by atoms with Gasteiger partial charge in [-0.3, -0.25) is 4.79 Å². The van der Waals surface area contributed by atoms with Crippen molar-refractivity contribution in [2.45, 2.75) is 26.3 Å². The van der Waals surface area contributed by atoms with E-state index in [1.54, 1.807) is 17.4 Å². The van der Waals surface area contributed by atoms with Crippen LogP contribution in [-0.4, -0.2) is 18.5 Å². The summed E-state index contributed by atoms with van der Waals surface area (Å²) in [5, 5.41) is 8.81. The lowest BCUT2D eigenvalue weighted by molar-refractivity contribution is -0.115. The first-order valence-corrected chi connectivity index (χ1v) is 8.12. The summed E-state index contributed by atoms with van der Waals surface area (Å²) in [5.41, 5.74) is 1.76. The summed E-state index contributed by atoms with van der Waals surface area (Å²) in [7, 11) is 0. The molecule has 1 atom stereocenters. The molecule has 0 aliphatic carbocycles. The third-order valence-electron chi connectivity index (χ3n) is 3.17. The molecule has 2 aromatic rings. The highest BCUT2D eigenvalue weighted by Gasteiger charge is 2.08. The molecule has 1 aromatic carbocycles. The molecule has 0 saturated carbocycles. The van der Waals surface area contributed by atoms with Gasteiger partial charge in [0.25, 0.3) is 0 Å². The highest BCUT2D eigenvalue weighted by Crippen LogP contribution is 2.19. The maximum atomic E-state index is 12.0. The topological polar surface area (TPSA) is 41.1 Å². The molecule has 112 valence electrons. The number of aryl methyl sites for hydroxylation is 1. The first-order valence-electron chi connectivity index (χ1n) is 6.86. The van der Waals surface area contributed by atoms with Gasteiger partial charge in [0.05, 0.1) is 6.54 Å². The molecule has 3 nitrogen and oxygen atoms in total. The number of nitrogens with one attached hydrogen (secondary N) is 2. The monoisotopic (exact) mass is 322 g/mol. The van der Waals surface area contributed by atoms with Gasteiger partial charge in [0.2, 0.25) is 5.91 Å². The van der Waals surface area contributed by atoms with Crippen molar-refractivity contribution >= 4 is 34.5 Å². The first-order chi connectivity index (χ1) is 10.0. The van der Waals surface area contributed by atoms with Crippen molar-refractivity contribution in [3.63, 3.8) is 0 Å². The first kappa shape index (κ1) is 16.0. The largest absolute Gasteiger partial charge is 0.325 e. The van der Waals surface area contributed by atoms with E-state index in [0.29, 0.717) is 11.6 Å². The number of halogens is 1. The highest BCUT2D eigenvalue weighted by molar-refractivity contribution is 7.09. The smallest absolute Gasteiger partial charge is 0.238 e. The van der Waals surface area contributed by atoms with Gasteiger partial charge in [-0.15, -0.1) is 11.3 Å². The van der Waals surface area contributed by atoms with Crippen LogP contribution < -0.4 is 10.6 Å². The molecule has 0 radical (unpaired) electrons. The Balaban J connectivity index is 1.80. The van der Waals surface area contributed by atoms with E-state index < -0.39 is 0 Å². The Morgan fingerprint density at radius 3 is 2.90 bits per heavy atom. The van der Waals surface area contributed by atoms with Crippen LogP contribution in [0.3, 0.4) is 0 Å². The Morgan fingerprint density at radius 2 is 2.19 bits per heavy atom. The van der Waals surface area contributed by atoms with Crippen molar-refractivity contribution in [3.05, 3.63) is 51.2 Å². The Labute approximate surface area is 134 Å². The second-order valence-electron chi connectivity index (χ2n) is 5.07. The fourth-order valence-corrected chi connectivity index (χ4v) is 3.00. The number of anilines is 1. The molecule has 0 bridgehead atoms. The molecule has 0 saturated heterocycles. The SMILES string of the molecule is Cc1ccc(Cl)cc1NC(=O)CNC(C)Cc1cccs1. The van der Waals surface area contributed by atoms with Crippen LogP contribution in [0.1, 0.15) is 17.4 Å². The summed E-state index contributed by atoms with van der Waals surface area (Å²) in [4.78, 5) is 13.3. The van der Waals surface area contributed by atoms with Crippen LogP contribution in [0.4, 0.5) is 5.69 Å². The second kappa shape index (κ2) is 7.59. The highest BCUT2D eigenvalue weighted by atomic mass is 35.5. The van der Waals surface area contributed by atoms with Crippen molar-refractivity contribution in [1.82, 2.24) is 5.32 Å². The zero-order valence-corrected chi connectivity index (χ0v) is 13.7. The summed E-state index contributed by atoms with van der Waals surface area (Å²) < 4.78 is 0. The van der Waals surface area contributed by atoms with Gasteiger partial charge in [-0.25, -0.2) is 0 Å². The number of carbonyl (C=O) groups excluding carboxylic acids is 1. The molecule has 2 rings (SSSR count). The Bertz CT molecular complexity index is 598. The lowest BCUT2D eigenvalue weighted by atomic mass is 10.2. The molecule has 0 aliphatic rings. The predicted molar refractivity (Wildman–Crippen MR) is 90.3 cm³/mol. The van der Waals surface area contributed by atoms with E-state index in [0.717, 1.165) is 17.7 Å². The standard InChI is InChI=1S/C16H19ClN2OS/c1-11-5-6-13(17)9-15(11)19-16(20)10-18-12(2)8-14-4-3-7-21-14/h3-7,9,12,18H,8,10H2,1-2H3,(H,19,20). The molecular formula is C16H19ClN2OS. The van der Waals surface area contributed by atoms with Gasteiger partial charge in [-0.1, -0.05) is 23.7 Å². The van der Waals surface area contributed by atoms with E-state index in [4.69, 9.17) is 11.6 Å². The molecular weight excluding hydrogens is 304 g/mol. The van der Waals surface area contributed by atoms with Crippen LogP contribution in [0.2, 0.25) is 5.02 Å². The minimum atomic E-state index is -0.0570. The molecule has 1 aromatic heterocycles. The third-order valence-corrected chi connectivity index (χ3v) is 4.31. The fourth-order valence-electron chi connectivity index (χ4n) is 1.99. The number of hydrogen-bond acceptors (Lipinski definition) is 3. The quantitative estimate of drug-likeness (QED) is 0.847. The maximum absolute atomic E-state index is 12.0. The zero-order chi connectivity index (χ0) is 15.2. The number of rotatable bonds is 6. The lowest BCUT2D eigenvalue weighted by Gasteiger charge is -2.13. The van der Waals surface area contributed by atoms with Crippen LogP contribution in [0, 0.1) is 6.92 Å². The van der Waals surface area contributed by atoms with Gasteiger partial charge in [-0.05, 0) is 49.4 Å². The average molecular weight is 323 g/mol. The van der Waals surface area contributed by atoms with Gasteiger partial charge in [-0.2, -0.15) is 0 Å². The average Bonchev–Trinajstić information content (AvgIpc) is 2.93. The summed E-state index contributed by atoms with van der Waals surface area (Å²) in [6.45, 7) is 4.31. The normalized spacial score (nSPS) is 12.1. The fraction of sp³-hybridized carbons (Fsp3) is 0.312. The summed E-state index contributed by atoms with van der Waals surface area (Å²) in [6.07, 6.45) is 0.932. The lowest BCUT2D eigenvalue weighted by Crippen LogP contribution is -2.35. The summed E-state index contributed by atoms with van der Waals surface area (Å²) in [5.74, 6) is -0.0570. The number of amides is 1. The van der Waals surface area contributed by atoms with Gasteiger partial charge in [0.1, 0.15) is 0 Å². The van der Waals surface area contributed by atoms with E-state index in [-0.39, 0.29) is 11.9 Å². The zero-order valence-electron chi connectivity index (χ0n) is 12.2. The minimum absolute atomic E-state index is 0.0570. The predicted octanol–water partition coefficient (Wildman–Crippen LogP) is 3.87. The van der Waals surface area contributed by atoms with Crippen LogP contribution in [0.25, 0.3) is 0 Å². The second-order valence-corrected chi connectivity index (χ2v) is 6.54. The van der Waals surface area contributed by atoms with Crippen LogP contribution in [-0.2, 0) is 11.2 Å². The van der Waals surface area contributed by atoms with E-state index >= 15 is 0 Å². The minimum Gasteiger partial charge on any atom is -0.325 e. The molecule has 5 heteroatoms. The third kappa shape index (κ3) is 5.16. The summed E-state index contributed by atoms with van der Waals surface area (Å²) >= 11 is 7.68.